The lowest BCUT2D eigenvalue weighted by Gasteiger charge is -2.29. The van der Waals surface area contributed by atoms with Gasteiger partial charge in [-0.2, -0.15) is 4.31 Å². The molecule has 0 bridgehead atoms. The third kappa shape index (κ3) is 4.45. The molecule has 2 heterocycles. The minimum atomic E-state index is -4.22. The van der Waals surface area contributed by atoms with E-state index in [9.17, 15) is 21.6 Å². The second-order valence-electron chi connectivity index (χ2n) is 6.72. The molecule has 0 spiro atoms. The molecule has 1 N–H and O–H groups in total. The lowest BCUT2D eigenvalue weighted by molar-refractivity contribution is 0.0696. The van der Waals surface area contributed by atoms with Gasteiger partial charge in [-0.05, 0) is 37.5 Å². The van der Waals surface area contributed by atoms with Crippen LogP contribution in [0, 0.1) is 0 Å². The fourth-order valence-corrected chi connectivity index (χ4v) is 7.41. The monoisotopic (exact) mass is 437 g/mol. The summed E-state index contributed by atoms with van der Waals surface area (Å²) in [6.07, 6.45) is 1.33. The number of benzene rings is 1. The minimum Gasteiger partial charge on any atom is -0.478 e. The zero-order valence-electron chi connectivity index (χ0n) is 14.4. The normalized spacial score (nSPS) is 25.1. The fraction of sp³-hybridized carbons (Fsp3) is 0.562. The van der Waals surface area contributed by atoms with Gasteiger partial charge in [0.25, 0.3) is 0 Å². The van der Waals surface area contributed by atoms with E-state index < -0.39 is 31.9 Å². The SMILES string of the molecule is O=C(O)c1ccc(Cl)c(S(=O)(=O)N(C[C@H]2CCCO2)[C@H]2CCS(=O)(=O)C2)c1. The molecule has 0 saturated carbocycles. The van der Waals surface area contributed by atoms with Crippen LogP contribution in [0.15, 0.2) is 23.1 Å². The van der Waals surface area contributed by atoms with Gasteiger partial charge >= 0.3 is 5.97 Å². The van der Waals surface area contributed by atoms with Gasteiger partial charge in [-0.3, -0.25) is 0 Å². The van der Waals surface area contributed by atoms with E-state index in [4.69, 9.17) is 21.4 Å². The molecule has 2 atom stereocenters. The minimum absolute atomic E-state index is 0.0101. The first-order valence-corrected chi connectivity index (χ1v) is 12.1. The summed E-state index contributed by atoms with van der Waals surface area (Å²) >= 11 is 6.06. The number of ether oxygens (including phenoxy) is 1. The number of halogens is 1. The average Bonchev–Trinajstić information content (AvgIpc) is 3.21. The molecule has 2 fully saturated rings. The first kappa shape index (κ1) is 20.5. The Kier molecular flexibility index (Phi) is 5.83. The van der Waals surface area contributed by atoms with Crippen molar-refractivity contribution in [1.82, 2.24) is 4.31 Å². The number of sulfonamides is 1. The third-order valence-corrected chi connectivity index (χ3v) is 8.94. The number of aromatic carboxylic acids is 1. The summed E-state index contributed by atoms with van der Waals surface area (Å²) < 4.78 is 57.1. The predicted molar refractivity (Wildman–Crippen MR) is 98.3 cm³/mol. The van der Waals surface area contributed by atoms with Gasteiger partial charge in [0.05, 0.1) is 28.2 Å². The van der Waals surface area contributed by atoms with Crippen LogP contribution in [0.2, 0.25) is 5.02 Å². The number of carboxylic acid groups (broad SMARTS) is 1. The number of hydrogen-bond donors (Lipinski definition) is 1. The van der Waals surface area contributed by atoms with Crippen molar-refractivity contribution < 1.29 is 31.5 Å². The standard InChI is InChI=1S/C16H20ClNO7S2/c17-14-4-3-11(16(19)20)8-15(14)27(23,24)18(9-13-2-1-6-25-13)12-5-7-26(21,22)10-12/h3-4,8,12-13H,1-2,5-7,9-10H2,(H,19,20)/t12-,13+/m0/s1. The van der Waals surface area contributed by atoms with Crippen LogP contribution in [-0.4, -0.2) is 69.0 Å². The van der Waals surface area contributed by atoms with E-state index >= 15 is 0 Å². The van der Waals surface area contributed by atoms with Crippen molar-refractivity contribution >= 4 is 37.4 Å². The van der Waals surface area contributed by atoms with Crippen LogP contribution in [0.1, 0.15) is 29.6 Å². The molecule has 0 unspecified atom stereocenters. The van der Waals surface area contributed by atoms with Gasteiger partial charge in [0, 0.05) is 19.2 Å². The molecule has 1 aromatic carbocycles. The van der Waals surface area contributed by atoms with E-state index in [0.717, 1.165) is 16.8 Å². The number of nitrogens with zero attached hydrogens (tertiary/aromatic N) is 1. The van der Waals surface area contributed by atoms with Crippen molar-refractivity contribution in [3.63, 3.8) is 0 Å². The van der Waals surface area contributed by atoms with E-state index in [1.165, 1.54) is 12.1 Å². The van der Waals surface area contributed by atoms with E-state index in [1.54, 1.807) is 0 Å². The van der Waals surface area contributed by atoms with Crippen molar-refractivity contribution in [1.29, 1.82) is 0 Å². The Labute approximate surface area is 163 Å². The molecule has 150 valence electrons. The second-order valence-corrected chi connectivity index (χ2v) is 11.2. The zero-order valence-corrected chi connectivity index (χ0v) is 16.8. The molecule has 0 radical (unpaired) electrons. The summed E-state index contributed by atoms with van der Waals surface area (Å²) in [6, 6.07) is 2.71. The molecule has 2 saturated heterocycles. The third-order valence-electron chi connectivity index (χ3n) is 4.79. The quantitative estimate of drug-likeness (QED) is 0.714. The highest BCUT2D eigenvalue weighted by atomic mass is 35.5. The van der Waals surface area contributed by atoms with E-state index in [2.05, 4.69) is 0 Å². The molecule has 3 rings (SSSR count). The van der Waals surface area contributed by atoms with Crippen molar-refractivity contribution in [2.24, 2.45) is 0 Å². The Morgan fingerprint density at radius 1 is 1.33 bits per heavy atom. The smallest absolute Gasteiger partial charge is 0.335 e. The molecule has 1 aromatic rings. The molecule has 0 aromatic heterocycles. The maximum Gasteiger partial charge on any atom is 0.335 e. The molecular formula is C16H20ClNO7S2. The summed E-state index contributed by atoms with van der Waals surface area (Å²) in [7, 11) is -7.54. The largest absolute Gasteiger partial charge is 0.478 e. The number of carbonyl (C=O) groups is 1. The molecule has 2 aliphatic heterocycles. The van der Waals surface area contributed by atoms with Gasteiger partial charge < -0.3 is 9.84 Å². The van der Waals surface area contributed by atoms with Crippen LogP contribution < -0.4 is 0 Å². The van der Waals surface area contributed by atoms with Crippen LogP contribution in [-0.2, 0) is 24.6 Å². The van der Waals surface area contributed by atoms with Gasteiger partial charge in [0.2, 0.25) is 10.0 Å². The highest BCUT2D eigenvalue weighted by molar-refractivity contribution is 7.92. The highest BCUT2D eigenvalue weighted by Gasteiger charge is 2.41. The molecule has 27 heavy (non-hydrogen) atoms. The average molecular weight is 438 g/mol. The first-order valence-electron chi connectivity index (χ1n) is 8.47. The van der Waals surface area contributed by atoms with E-state index in [1.807, 2.05) is 0 Å². The Morgan fingerprint density at radius 3 is 2.63 bits per heavy atom. The van der Waals surface area contributed by atoms with E-state index in [0.29, 0.717) is 13.0 Å². The highest BCUT2D eigenvalue weighted by Crippen LogP contribution is 2.31. The Hall–Kier alpha value is -1.20. The maximum atomic E-state index is 13.3. The van der Waals surface area contributed by atoms with Crippen LogP contribution in [0.5, 0.6) is 0 Å². The van der Waals surface area contributed by atoms with Crippen molar-refractivity contribution in [2.75, 3.05) is 24.7 Å². The number of hydrogen-bond acceptors (Lipinski definition) is 6. The topological polar surface area (TPSA) is 118 Å². The Balaban J connectivity index is 2.01. The van der Waals surface area contributed by atoms with E-state index in [-0.39, 0.29) is 46.1 Å². The van der Waals surface area contributed by atoms with Crippen molar-refractivity contribution in [3.8, 4) is 0 Å². The molecule has 2 aliphatic rings. The van der Waals surface area contributed by atoms with Crippen molar-refractivity contribution in [3.05, 3.63) is 28.8 Å². The molecule has 8 nitrogen and oxygen atoms in total. The summed E-state index contributed by atoms with van der Waals surface area (Å²) in [5, 5.41) is 9.05. The lowest BCUT2D eigenvalue weighted by atomic mass is 10.2. The van der Waals surface area contributed by atoms with Gasteiger partial charge in [0.1, 0.15) is 4.90 Å². The molecule has 0 aliphatic carbocycles. The number of sulfone groups is 1. The predicted octanol–water partition coefficient (Wildman–Crippen LogP) is 1.40. The second kappa shape index (κ2) is 7.67. The maximum absolute atomic E-state index is 13.3. The van der Waals surface area contributed by atoms with Gasteiger partial charge in [-0.25, -0.2) is 21.6 Å². The molecular weight excluding hydrogens is 418 g/mol. The van der Waals surface area contributed by atoms with Crippen molar-refractivity contribution in [2.45, 2.75) is 36.3 Å². The zero-order chi connectivity index (χ0) is 19.8. The first-order chi connectivity index (χ1) is 12.6. The summed E-state index contributed by atoms with van der Waals surface area (Å²) in [5.41, 5.74) is -0.214. The fourth-order valence-electron chi connectivity index (χ4n) is 3.40. The van der Waals surface area contributed by atoms with Gasteiger partial charge in [0.15, 0.2) is 9.84 Å². The molecule has 11 heteroatoms. The van der Waals surface area contributed by atoms with Crippen LogP contribution in [0.3, 0.4) is 0 Å². The molecule has 0 amide bonds. The summed E-state index contributed by atoms with van der Waals surface area (Å²) in [6.45, 7) is 0.535. The summed E-state index contributed by atoms with van der Waals surface area (Å²) in [4.78, 5) is 10.9. The van der Waals surface area contributed by atoms with Gasteiger partial charge in [-0.1, -0.05) is 11.6 Å². The van der Waals surface area contributed by atoms with Crippen LogP contribution >= 0.6 is 11.6 Å². The summed E-state index contributed by atoms with van der Waals surface area (Å²) in [5.74, 6) is -1.63. The number of rotatable bonds is 6. The van der Waals surface area contributed by atoms with Gasteiger partial charge in [-0.15, -0.1) is 0 Å². The van der Waals surface area contributed by atoms with Crippen LogP contribution in [0.25, 0.3) is 0 Å². The Morgan fingerprint density at radius 2 is 2.07 bits per heavy atom. The van der Waals surface area contributed by atoms with Crippen LogP contribution in [0.4, 0.5) is 0 Å². The number of carboxylic acids is 1. The Bertz CT molecular complexity index is 940. The lowest BCUT2D eigenvalue weighted by Crippen LogP contribution is -2.45.